The highest BCUT2D eigenvalue weighted by Crippen LogP contribution is 2.29. The van der Waals surface area contributed by atoms with Crippen LogP contribution in [-0.2, 0) is 4.74 Å². The van der Waals surface area contributed by atoms with E-state index in [0.717, 1.165) is 24.6 Å². The summed E-state index contributed by atoms with van der Waals surface area (Å²) in [5.74, 6) is 0.103. The molecule has 0 bridgehead atoms. The second kappa shape index (κ2) is 7.80. The zero-order valence-corrected chi connectivity index (χ0v) is 16.4. The molecule has 0 aliphatic heterocycles. The third-order valence-corrected chi connectivity index (χ3v) is 5.63. The van der Waals surface area contributed by atoms with E-state index in [1.54, 1.807) is 30.3 Å². The summed E-state index contributed by atoms with van der Waals surface area (Å²) in [4.78, 5) is 25.1. The maximum Gasteiger partial charge on any atom is 0.344 e. The molecule has 2 aromatic carbocycles. The average molecular weight is 397 g/mol. The van der Waals surface area contributed by atoms with E-state index < -0.39 is 11.6 Å². The molecule has 4 nitrogen and oxygen atoms in total. The van der Waals surface area contributed by atoms with Crippen LogP contribution in [0.5, 0.6) is 0 Å². The predicted molar refractivity (Wildman–Crippen MR) is 110 cm³/mol. The van der Waals surface area contributed by atoms with Crippen molar-refractivity contribution in [2.45, 2.75) is 38.7 Å². The number of halogens is 1. The Kier molecular flexibility index (Phi) is 5.23. The Hall–Kier alpha value is -2.59. The van der Waals surface area contributed by atoms with Crippen molar-refractivity contribution in [3.05, 3.63) is 69.5 Å². The van der Waals surface area contributed by atoms with Gasteiger partial charge in [0.05, 0.1) is 16.1 Å². The fourth-order valence-electron chi connectivity index (χ4n) is 3.81. The van der Waals surface area contributed by atoms with Crippen LogP contribution < -0.4 is 5.63 Å². The van der Waals surface area contributed by atoms with Crippen molar-refractivity contribution in [1.82, 2.24) is 0 Å². The molecule has 1 aliphatic rings. The SMILES string of the molecule is C[C@@H]1CCC[C@H](OC(=O)c2cc(-c3cc4ccccc4oc3=O)ccc2Cl)C1. The summed E-state index contributed by atoms with van der Waals surface area (Å²) in [6.07, 6.45) is 3.90. The quantitative estimate of drug-likeness (QED) is 0.411. The number of hydrogen-bond donors (Lipinski definition) is 0. The minimum atomic E-state index is -0.457. The first-order valence-corrected chi connectivity index (χ1v) is 9.93. The summed E-state index contributed by atoms with van der Waals surface area (Å²) in [6, 6.07) is 14.0. The number of carbonyl (C=O) groups is 1. The molecule has 5 heteroatoms. The van der Waals surface area contributed by atoms with Crippen molar-refractivity contribution in [1.29, 1.82) is 0 Å². The fraction of sp³-hybridized carbons (Fsp3) is 0.304. The highest BCUT2D eigenvalue weighted by Gasteiger charge is 2.24. The summed E-state index contributed by atoms with van der Waals surface area (Å²) < 4.78 is 11.1. The Morgan fingerprint density at radius 2 is 1.96 bits per heavy atom. The fourth-order valence-corrected chi connectivity index (χ4v) is 4.01. The van der Waals surface area contributed by atoms with Crippen LogP contribution in [0.3, 0.4) is 0 Å². The topological polar surface area (TPSA) is 56.5 Å². The molecular weight excluding hydrogens is 376 g/mol. The zero-order chi connectivity index (χ0) is 19.7. The molecule has 0 radical (unpaired) electrons. The molecule has 2 atom stereocenters. The van der Waals surface area contributed by atoms with Crippen LogP contribution in [0.1, 0.15) is 43.0 Å². The minimum absolute atomic E-state index is 0.0817. The number of rotatable bonds is 3. The Labute approximate surface area is 168 Å². The second-order valence-corrected chi connectivity index (χ2v) is 7.89. The number of ether oxygens (including phenoxy) is 1. The number of hydrogen-bond acceptors (Lipinski definition) is 4. The summed E-state index contributed by atoms with van der Waals surface area (Å²) >= 11 is 6.26. The maximum absolute atomic E-state index is 12.7. The molecule has 1 saturated carbocycles. The minimum Gasteiger partial charge on any atom is -0.459 e. The summed E-state index contributed by atoms with van der Waals surface area (Å²) in [7, 11) is 0. The van der Waals surface area contributed by atoms with Gasteiger partial charge in [-0.05, 0) is 55.0 Å². The van der Waals surface area contributed by atoms with Crippen LogP contribution in [0.15, 0.2) is 57.7 Å². The van der Waals surface area contributed by atoms with Gasteiger partial charge in [0.2, 0.25) is 0 Å². The largest absolute Gasteiger partial charge is 0.459 e. The van der Waals surface area contributed by atoms with Crippen molar-refractivity contribution >= 4 is 28.5 Å². The van der Waals surface area contributed by atoms with E-state index in [1.165, 1.54) is 6.42 Å². The first-order valence-electron chi connectivity index (χ1n) is 9.55. The van der Waals surface area contributed by atoms with Crippen molar-refractivity contribution < 1.29 is 13.9 Å². The maximum atomic E-state index is 12.7. The van der Waals surface area contributed by atoms with Gasteiger partial charge in [0, 0.05) is 5.39 Å². The summed E-state index contributed by atoms with van der Waals surface area (Å²) in [5.41, 5.74) is 1.30. The van der Waals surface area contributed by atoms with Gasteiger partial charge in [0.25, 0.3) is 0 Å². The molecule has 3 aromatic rings. The summed E-state index contributed by atoms with van der Waals surface area (Å²) in [5, 5.41) is 1.12. The molecule has 1 fully saturated rings. The molecule has 28 heavy (non-hydrogen) atoms. The lowest BCUT2D eigenvalue weighted by atomic mass is 9.89. The number of para-hydroxylation sites is 1. The van der Waals surface area contributed by atoms with Crippen molar-refractivity contribution in [2.24, 2.45) is 5.92 Å². The Morgan fingerprint density at radius 1 is 1.14 bits per heavy atom. The standard InChI is InChI=1S/C23H21ClO4/c1-14-5-4-7-17(11-14)27-23(26)19-12-15(9-10-20(19)24)18-13-16-6-2-3-8-21(16)28-22(18)25/h2-3,6,8-10,12-14,17H,4-5,7,11H2,1H3/t14-,17+/m1/s1. The summed E-state index contributed by atoms with van der Waals surface area (Å²) in [6.45, 7) is 2.17. The molecule has 0 spiro atoms. The van der Waals surface area contributed by atoms with Gasteiger partial charge in [-0.25, -0.2) is 9.59 Å². The Morgan fingerprint density at radius 3 is 2.79 bits per heavy atom. The lowest BCUT2D eigenvalue weighted by molar-refractivity contribution is 0.0155. The van der Waals surface area contributed by atoms with Gasteiger partial charge in [-0.1, -0.05) is 49.2 Å². The highest BCUT2D eigenvalue weighted by atomic mass is 35.5. The van der Waals surface area contributed by atoms with Crippen molar-refractivity contribution in [3.8, 4) is 11.1 Å². The van der Waals surface area contributed by atoms with Crippen LogP contribution in [0.2, 0.25) is 5.02 Å². The van der Waals surface area contributed by atoms with E-state index in [2.05, 4.69) is 6.92 Å². The Bertz CT molecular complexity index is 1090. The molecular formula is C23H21ClO4. The molecule has 1 aromatic heterocycles. The number of carbonyl (C=O) groups excluding carboxylic acids is 1. The van der Waals surface area contributed by atoms with Crippen LogP contribution in [0.4, 0.5) is 0 Å². The normalized spacial score (nSPS) is 19.5. The van der Waals surface area contributed by atoms with Gasteiger partial charge in [-0.3, -0.25) is 0 Å². The van der Waals surface area contributed by atoms with E-state index >= 15 is 0 Å². The third kappa shape index (κ3) is 3.83. The molecule has 0 unspecified atom stereocenters. The predicted octanol–water partition coefficient (Wildman–Crippen LogP) is 5.85. The Balaban J connectivity index is 1.66. The van der Waals surface area contributed by atoms with Crippen LogP contribution in [0.25, 0.3) is 22.1 Å². The number of fused-ring (bicyclic) bond motifs is 1. The number of benzene rings is 2. The van der Waals surface area contributed by atoms with Crippen molar-refractivity contribution in [3.63, 3.8) is 0 Å². The lowest BCUT2D eigenvalue weighted by Crippen LogP contribution is -2.24. The van der Waals surface area contributed by atoms with Gasteiger partial charge in [-0.15, -0.1) is 0 Å². The van der Waals surface area contributed by atoms with E-state index in [-0.39, 0.29) is 11.7 Å². The molecule has 0 amide bonds. The first kappa shape index (κ1) is 18.8. The van der Waals surface area contributed by atoms with Crippen molar-refractivity contribution in [2.75, 3.05) is 0 Å². The second-order valence-electron chi connectivity index (χ2n) is 7.48. The van der Waals surface area contributed by atoms with Crippen LogP contribution in [0, 0.1) is 5.92 Å². The third-order valence-electron chi connectivity index (χ3n) is 5.30. The van der Waals surface area contributed by atoms with E-state index in [1.807, 2.05) is 18.2 Å². The van der Waals surface area contributed by atoms with E-state index in [4.69, 9.17) is 20.8 Å². The van der Waals surface area contributed by atoms with Gasteiger partial charge in [0.15, 0.2) is 0 Å². The van der Waals surface area contributed by atoms with Gasteiger partial charge < -0.3 is 9.15 Å². The van der Waals surface area contributed by atoms with E-state index in [9.17, 15) is 9.59 Å². The lowest BCUT2D eigenvalue weighted by Gasteiger charge is -2.26. The molecule has 0 N–H and O–H groups in total. The monoisotopic (exact) mass is 396 g/mol. The first-order chi connectivity index (χ1) is 13.5. The zero-order valence-electron chi connectivity index (χ0n) is 15.6. The van der Waals surface area contributed by atoms with Gasteiger partial charge >= 0.3 is 11.6 Å². The van der Waals surface area contributed by atoms with Gasteiger partial charge in [0.1, 0.15) is 11.7 Å². The molecule has 144 valence electrons. The average Bonchev–Trinajstić information content (AvgIpc) is 2.68. The van der Waals surface area contributed by atoms with E-state index in [0.29, 0.717) is 27.7 Å². The molecule has 1 heterocycles. The van der Waals surface area contributed by atoms with Gasteiger partial charge in [-0.2, -0.15) is 0 Å². The molecule has 1 aliphatic carbocycles. The van der Waals surface area contributed by atoms with Crippen LogP contribution >= 0.6 is 11.6 Å². The highest BCUT2D eigenvalue weighted by molar-refractivity contribution is 6.33. The molecule has 0 saturated heterocycles. The molecule has 4 rings (SSSR count). The van der Waals surface area contributed by atoms with Crippen LogP contribution in [-0.4, -0.2) is 12.1 Å². The number of esters is 1. The smallest absolute Gasteiger partial charge is 0.344 e.